The lowest BCUT2D eigenvalue weighted by Crippen LogP contribution is -2.37. The molecule has 18 heavy (non-hydrogen) atoms. The molecule has 0 spiro atoms. The van der Waals surface area contributed by atoms with Gasteiger partial charge in [-0.15, -0.1) is 0 Å². The van der Waals surface area contributed by atoms with Gasteiger partial charge in [-0.3, -0.25) is 4.79 Å². The van der Waals surface area contributed by atoms with E-state index in [-0.39, 0.29) is 0 Å². The monoisotopic (exact) mass is 254 g/mol. The number of amides is 1. The first-order chi connectivity index (χ1) is 8.69. The van der Waals surface area contributed by atoms with E-state index in [1.165, 1.54) is 12.8 Å². The van der Waals surface area contributed by atoms with Gasteiger partial charge in [0.2, 0.25) is 5.91 Å². The summed E-state index contributed by atoms with van der Waals surface area (Å²) >= 11 is 0. The maximum atomic E-state index is 12.3. The van der Waals surface area contributed by atoms with Crippen molar-refractivity contribution in [2.45, 2.75) is 52.9 Å². The van der Waals surface area contributed by atoms with Crippen molar-refractivity contribution in [2.75, 3.05) is 26.2 Å². The molecule has 1 heterocycles. The molecule has 0 radical (unpaired) electrons. The Morgan fingerprint density at radius 3 is 2.50 bits per heavy atom. The quantitative estimate of drug-likeness (QED) is 0.757. The maximum Gasteiger partial charge on any atom is 0.222 e. The molecular weight excluding hydrogens is 224 g/mol. The van der Waals surface area contributed by atoms with Crippen molar-refractivity contribution in [3.8, 4) is 0 Å². The molecule has 0 saturated carbocycles. The van der Waals surface area contributed by atoms with Gasteiger partial charge in [0.1, 0.15) is 0 Å². The van der Waals surface area contributed by atoms with Crippen LogP contribution in [0.1, 0.15) is 52.9 Å². The Labute approximate surface area is 112 Å². The third kappa shape index (κ3) is 4.97. The highest BCUT2D eigenvalue weighted by Gasteiger charge is 2.23. The zero-order valence-electron chi connectivity index (χ0n) is 12.4. The highest BCUT2D eigenvalue weighted by atomic mass is 16.2. The van der Waals surface area contributed by atoms with Gasteiger partial charge < -0.3 is 10.2 Å². The van der Waals surface area contributed by atoms with Crippen molar-refractivity contribution in [1.29, 1.82) is 0 Å². The molecule has 2 unspecified atom stereocenters. The summed E-state index contributed by atoms with van der Waals surface area (Å²) in [6, 6.07) is 0. The fourth-order valence-corrected chi connectivity index (χ4v) is 2.84. The first kappa shape index (κ1) is 15.5. The minimum absolute atomic E-state index is 0.358. The first-order valence-corrected chi connectivity index (χ1v) is 7.67. The second-order valence-corrected chi connectivity index (χ2v) is 5.67. The lowest BCUT2D eigenvalue weighted by atomic mass is 9.85. The Morgan fingerprint density at radius 2 is 2.00 bits per heavy atom. The van der Waals surface area contributed by atoms with E-state index < -0.39 is 0 Å². The largest absolute Gasteiger partial charge is 0.343 e. The predicted molar refractivity (Wildman–Crippen MR) is 76.5 cm³/mol. The Kier molecular flexibility index (Phi) is 7.33. The SMILES string of the molecule is CCCN(CCC)C(=O)CC(C)C1CCCNC1. The van der Waals surface area contributed by atoms with Crippen LogP contribution in [0.4, 0.5) is 0 Å². The van der Waals surface area contributed by atoms with E-state index in [0.29, 0.717) is 17.7 Å². The smallest absolute Gasteiger partial charge is 0.222 e. The van der Waals surface area contributed by atoms with Gasteiger partial charge in [-0.25, -0.2) is 0 Å². The minimum Gasteiger partial charge on any atom is -0.343 e. The van der Waals surface area contributed by atoms with Crippen LogP contribution in [0.3, 0.4) is 0 Å². The molecule has 1 aliphatic heterocycles. The van der Waals surface area contributed by atoms with E-state index >= 15 is 0 Å². The van der Waals surface area contributed by atoms with Gasteiger partial charge in [0.05, 0.1) is 0 Å². The minimum atomic E-state index is 0.358. The van der Waals surface area contributed by atoms with E-state index in [2.05, 4.69) is 26.1 Å². The molecule has 0 aliphatic carbocycles. The highest BCUT2D eigenvalue weighted by molar-refractivity contribution is 5.76. The van der Waals surface area contributed by atoms with Gasteiger partial charge in [-0.2, -0.15) is 0 Å². The average Bonchev–Trinajstić information content (AvgIpc) is 2.39. The Bertz CT molecular complexity index is 231. The Balaban J connectivity index is 2.40. The summed E-state index contributed by atoms with van der Waals surface area (Å²) < 4.78 is 0. The third-order valence-electron chi connectivity index (χ3n) is 3.98. The van der Waals surface area contributed by atoms with Crippen molar-refractivity contribution in [3.63, 3.8) is 0 Å². The van der Waals surface area contributed by atoms with Crippen LogP contribution in [-0.4, -0.2) is 37.0 Å². The highest BCUT2D eigenvalue weighted by Crippen LogP contribution is 2.23. The first-order valence-electron chi connectivity index (χ1n) is 7.67. The van der Waals surface area contributed by atoms with Crippen molar-refractivity contribution >= 4 is 5.91 Å². The van der Waals surface area contributed by atoms with Gasteiger partial charge in [0.15, 0.2) is 0 Å². The van der Waals surface area contributed by atoms with E-state index in [1.54, 1.807) is 0 Å². The molecule has 0 bridgehead atoms. The number of hydrogen-bond acceptors (Lipinski definition) is 2. The van der Waals surface area contributed by atoms with Gasteiger partial charge >= 0.3 is 0 Å². The Morgan fingerprint density at radius 1 is 1.33 bits per heavy atom. The van der Waals surface area contributed by atoms with E-state index in [1.807, 2.05) is 4.90 Å². The van der Waals surface area contributed by atoms with Crippen molar-refractivity contribution in [2.24, 2.45) is 11.8 Å². The van der Waals surface area contributed by atoms with Crippen LogP contribution < -0.4 is 5.32 Å². The number of carbonyl (C=O) groups is 1. The molecule has 1 saturated heterocycles. The normalized spacial score (nSPS) is 21.6. The summed E-state index contributed by atoms with van der Waals surface area (Å²) in [6.07, 6.45) is 5.39. The fraction of sp³-hybridized carbons (Fsp3) is 0.933. The van der Waals surface area contributed by atoms with Gasteiger partial charge in [0, 0.05) is 19.5 Å². The van der Waals surface area contributed by atoms with Gasteiger partial charge in [-0.05, 0) is 50.6 Å². The number of nitrogens with zero attached hydrogens (tertiary/aromatic N) is 1. The molecular formula is C15H30N2O. The average molecular weight is 254 g/mol. The Hall–Kier alpha value is -0.570. The number of hydrogen-bond donors (Lipinski definition) is 1. The maximum absolute atomic E-state index is 12.3. The topological polar surface area (TPSA) is 32.3 Å². The fourth-order valence-electron chi connectivity index (χ4n) is 2.84. The van der Waals surface area contributed by atoms with Crippen LogP contribution in [0, 0.1) is 11.8 Å². The molecule has 2 atom stereocenters. The number of rotatable bonds is 7. The van der Waals surface area contributed by atoms with Gasteiger partial charge in [-0.1, -0.05) is 20.8 Å². The molecule has 0 aromatic rings. The van der Waals surface area contributed by atoms with Crippen molar-refractivity contribution in [3.05, 3.63) is 0 Å². The second-order valence-electron chi connectivity index (χ2n) is 5.67. The molecule has 3 heteroatoms. The summed E-state index contributed by atoms with van der Waals surface area (Å²) in [5, 5.41) is 3.44. The van der Waals surface area contributed by atoms with Crippen molar-refractivity contribution < 1.29 is 4.79 Å². The predicted octanol–water partition coefficient (Wildman–Crippen LogP) is 2.66. The molecule has 1 fully saturated rings. The van der Waals surface area contributed by atoms with Crippen LogP contribution in [0.15, 0.2) is 0 Å². The number of piperidine rings is 1. The van der Waals surface area contributed by atoms with Crippen LogP contribution in [0.2, 0.25) is 0 Å². The van der Waals surface area contributed by atoms with E-state index in [4.69, 9.17) is 0 Å². The third-order valence-corrected chi connectivity index (χ3v) is 3.98. The molecule has 0 aromatic heterocycles. The summed E-state index contributed by atoms with van der Waals surface area (Å²) in [4.78, 5) is 14.3. The molecule has 0 aromatic carbocycles. The molecule has 106 valence electrons. The number of carbonyl (C=O) groups excluding carboxylic acids is 1. The standard InChI is InChI=1S/C15H30N2O/c1-4-9-17(10-5-2)15(18)11-13(3)14-7-6-8-16-12-14/h13-14,16H,4-12H2,1-3H3. The van der Waals surface area contributed by atoms with E-state index in [0.717, 1.165) is 45.4 Å². The summed E-state index contributed by atoms with van der Waals surface area (Å²) in [6.45, 7) is 10.6. The molecule has 1 N–H and O–H groups in total. The zero-order chi connectivity index (χ0) is 13.4. The summed E-state index contributed by atoms with van der Waals surface area (Å²) in [5.74, 6) is 1.56. The number of nitrogens with one attached hydrogen (secondary N) is 1. The lowest BCUT2D eigenvalue weighted by molar-refractivity contribution is -0.132. The molecule has 1 amide bonds. The van der Waals surface area contributed by atoms with Crippen LogP contribution in [0.25, 0.3) is 0 Å². The summed E-state index contributed by atoms with van der Waals surface area (Å²) in [5.41, 5.74) is 0. The van der Waals surface area contributed by atoms with E-state index in [9.17, 15) is 4.79 Å². The van der Waals surface area contributed by atoms with Crippen LogP contribution >= 0.6 is 0 Å². The summed E-state index contributed by atoms with van der Waals surface area (Å²) in [7, 11) is 0. The van der Waals surface area contributed by atoms with Gasteiger partial charge in [0.25, 0.3) is 0 Å². The zero-order valence-corrected chi connectivity index (χ0v) is 12.4. The lowest BCUT2D eigenvalue weighted by Gasteiger charge is -2.30. The second kappa shape index (κ2) is 8.52. The van der Waals surface area contributed by atoms with Crippen LogP contribution in [0.5, 0.6) is 0 Å². The molecule has 3 nitrogen and oxygen atoms in total. The molecule has 1 rings (SSSR count). The van der Waals surface area contributed by atoms with Crippen molar-refractivity contribution in [1.82, 2.24) is 10.2 Å². The molecule has 1 aliphatic rings. The van der Waals surface area contributed by atoms with Crippen LogP contribution in [-0.2, 0) is 4.79 Å².